The van der Waals surface area contributed by atoms with Crippen LogP contribution in [0.25, 0.3) is 10.9 Å². The lowest BCUT2D eigenvalue weighted by atomic mass is 10.2. The van der Waals surface area contributed by atoms with E-state index in [2.05, 4.69) is 15.4 Å². The van der Waals surface area contributed by atoms with Crippen LogP contribution in [0.4, 0.5) is 4.39 Å². The summed E-state index contributed by atoms with van der Waals surface area (Å²) in [6, 6.07) is 9.82. The number of fused-ring (bicyclic) bond motifs is 2. The number of nitrogens with zero attached hydrogens (tertiary/aromatic N) is 4. The number of carbonyl (C=O) groups excluding carboxylic acids is 2. The first-order valence-corrected chi connectivity index (χ1v) is 9.16. The van der Waals surface area contributed by atoms with Gasteiger partial charge in [0.1, 0.15) is 17.0 Å². The second-order valence-corrected chi connectivity index (χ2v) is 6.84. The zero-order chi connectivity index (χ0) is 19.7. The van der Waals surface area contributed by atoms with Gasteiger partial charge in [-0.15, -0.1) is 0 Å². The van der Waals surface area contributed by atoms with Gasteiger partial charge in [0, 0.05) is 25.4 Å². The molecule has 28 heavy (non-hydrogen) atoms. The van der Waals surface area contributed by atoms with Crippen LogP contribution in [-0.4, -0.2) is 38.0 Å². The molecule has 0 saturated carbocycles. The summed E-state index contributed by atoms with van der Waals surface area (Å²) < 4.78 is 15.8. The van der Waals surface area contributed by atoms with Crippen LogP contribution in [0.2, 0.25) is 0 Å². The highest BCUT2D eigenvalue weighted by Crippen LogP contribution is 2.16. The van der Waals surface area contributed by atoms with Crippen LogP contribution >= 0.6 is 0 Å². The van der Waals surface area contributed by atoms with Crippen molar-refractivity contribution in [2.24, 2.45) is 0 Å². The first kappa shape index (κ1) is 18.1. The summed E-state index contributed by atoms with van der Waals surface area (Å²) in [4.78, 5) is 30.0. The number of nitrogens with one attached hydrogen (secondary N) is 1. The number of halogens is 1. The standard InChI is InChI=1S/C20H20FN5O2/c1-13(27)25-8-3-9-26-16(12-25)10-15(24-26)11-22-20(28)18-7-6-14-4-2-5-17(21)19(14)23-18/h2,4-7,10H,3,8-9,11-12H2,1H3,(H,22,28). The molecular weight excluding hydrogens is 361 g/mol. The zero-order valence-corrected chi connectivity index (χ0v) is 15.5. The molecule has 1 aromatic carbocycles. The van der Waals surface area contributed by atoms with Gasteiger partial charge >= 0.3 is 0 Å². The molecule has 0 unspecified atom stereocenters. The van der Waals surface area contributed by atoms with E-state index >= 15 is 0 Å². The SMILES string of the molecule is CC(=O)N1CCCn2nc(CNC(=O)c3ccc4cccc(F)c4n3)cc2C1. The third-order valence-corrected chi connectivity index (χ3v) is 4.84. The van der Waals surface area contributed by atoms with E-state index < -0.39 is 11.7 Å². The molecule has 4 rings (SSSR count). The van der Waals surface area contributed by atoms with Gasteiger partial charge in [-0.25, -0.2) is 9.37 Å². The van der Waals surface area contributed by atoms with Crippen LogP contribution < -0.4 is 5.32 Å². The summed E-state index contributed by atoms with van der Waals surface area (Å²) in [7, 11) is 0. The highest BCUT2D eigenvalue weighted by Gasteiger charge is 2.18. The Bertz CT molecular complexity index is 1060. The molecule has 144 valence electrons. The van der Waals surface area contributed by atoms with Crippen molar-refractivity contribution in [1.29, 1.82) is 0 Å². The molecule has 1 aliphatic heterocycles. The van der Waals surface area contributed by atoms with E-state index in [4.69, 9.17) is 0 Å². The number of hydrogen-bond donors (Lipinski definition) is 1. The molecule has 0 saturated heterocycles. The molecule has 2 aromatic heterocycles. The maximum atomic E-state index is 13.9. The van der Waals surface area contributed by atoms with Crippen molar-refractivity contribution in [3.63, 3.8) is 0 Å². The van der Waals surface area contributed by atoms with E-state index in [0.717, 1.165) is 25.2 Å². The molecule has 1 aliphatic rings. The van der Waals surface area contributed by atoms with Gasteiger partial charge in [-0.05, 0) is 24.6 Å². The first-order chi connectivity index (χ1) is 13.5. The number of rotatable bonds is 3. The van der Waals surface area contributed by atoms with Gasteiger partial charge in [-0.2, -0.15) is 5.10 Å². The Morgan fingerprint density at radius 3 is 2.89 bits per heavy atom. The summed E-state index contributed by atoms with van der Waals surface area (Å²) in [5, 5.41) is 7.94. The summed E-state index contributed by atoms with van der Waals surface area (Å²) in [6.07, 6.45) is 0.840. The molecule has 3 heterocycles. The van der Waals surface area contributed by atoms with Crippen LogP contribution in [0.3, 0.4) is 0 Å². The minimum Gasteiger partial charge on any atom is -0.345 e. The van der Waals surface area contributed by atoms with Crippen LogP contribution in [0.5, 0.6) is 0 Å². The van der Waals surface area contributed by atoms with Gasteiger partial charge in [0.2, 0.25) is 5.91 Å². The number of aryl methyl sites for hydroxylation is 1. The summed E-state index contributed by atoms with van der Waals surface area (Å²) >= 11 is 0. The molecule has 0 radical (unpaired) electrons. The number of aromatic nitrogens is 3. The molecule has 0 bridgehead atoms. The highest BCUT2D eigenvalue weighted by molar-refractivity contribution is 5.94. The molecule has 0 fully saturated rings. The van der Waals surface area contributed by atoms with Gasteiger partial charge in [-0.1, -0.05) is 18.2 Å². The molecule has 0 spiro atoms. The number of pyridine rings is 1. The van der Waals surface area contributed by atoms with Crippen molar-refractivity contribution < 1.29 is 14.0 Å². The van der Waals surface area contributed by atoms with Crippen LogP contribution in [-0.2, 0) is 24.4 Å². The molecular formula is C20H20FN5O2. The topological polar surface area (TPSA) is 80.1 Å². The van der Waals surface area contributed by atoms with Crippen molar-refractivity contribution in [3.05, 3.63) is 59.3 Å². The fourth-order valence-corrected chi connectivity index (χ4v) is 3.38. The number of para-hydroxylation sites is 1. The Hall–Kier alpha value is -3.29. The van der Waals surface area contributed by atoms with Crippen molar-refractivity contribution in [2.45, 2.75) is 33.0 Å². The normalized spacial score (nSPS) is 13.9. The van der Waals surface area contributed by atoms with E-state index in [0.29, 0.717) is 17.6 Å². The van der Waals surface area contributed by atoms with E-state index in [1.165, 1.54) is 6.07 Å². The second-order valence-electron chi connectivity index (χ2n) is 6.84. The van der Waals surface area contributed by atoms with E-state index in [1.54, 1.807) is 36.1 Å². The molecule has 0 aliphatic carbocycles. The van der Waals surface area contributed by atoms with Crippen LogP contribution in [0, 0.1) is 5.82 Å². The van der Waals surface area contributed by atoms with Gasteiger partial charge in [0.15, 0.2) is 0 Å². The lowest BCUT2D eigenvalue weighted by Gasteiger charge is -2.17. The summed E-state index contributed by atoms with van der Waals surface area (Å²) in [6.45, 7) is 3.76. The van der Waals surface area contributed by atoms with Crippen LogP contribution in [0.15, 0.2) is 36.4 Å². The first-order valence-electron chi connectivity index (χ1n) is 9.16. The minimum atomic E-state index is -0.458. The zero-order valence-electron chi connectivity index (χ0n) is 15.5. The Balaban J connectivity index is 1.46. The molecule has 1 N–H and O–H groups in total. The Morgan fingerprint density at radius 1 is 1.21 bits per heavy atom. The Morgan fingerprint density at radius 2 is 2.07 bits per heavy atom. The maximum absolute atomic E-state index is 13.9. The van der Waals surface area contributed by atoms with E-state index in [9.17, 15) is 14.0 Å². The lowest BCUT2D eigenvalue weighted by Crippen LogP contribution is -2.28. The number of benzene rings is 1. The Labute approximate surface area is 161 Å². The highest BCUT2D eigenvalue weighted by atomic mass is 19.1. The maximum Gasteiger partial charge on any atom is 0.270 e. The molecule has 0 atom stereocenters. The van der Waals surface area contributed by atoms with Crippen molar-refractivity contribution in [2.75, 3.05) is 6.54 Å². The monoisotopic (exact) mass is 381 g/mol. The fourth-order valence-electron chi connectivity index (χ4n) is 3.38. The molecule has 2 amide bonds. The quantitative estimate of drug-likeness (QED) is 0.755. The van der Waals surface area contributed by atoms with Crippen molar-refractivity contribution in [3.8, 4) is 0 Å². The third-order valence-electron chi connectivity index (χ3n) is 4.84. The third kappa shape index (κ3) is 3.58. The number of amides is 2. The second kappa shape index (κ2) is 7.38. The molecule has 8 heteroatoms. The van der Waals surface area contributed by atoms with E-state index in [-0.39, 0.29) is 23.7 Å². The summed E-state index contributed by atoms with van der Waals surface area (Å²) in [5.74, 6) is -0.808. The van der Waals surface area contributed by atoms with Gasteiger partial charge in [0.25, 0.3) is 5.91 Å². The van der Waals surface area contributed by atoms with Crippen LogP contribution in [0.1, 0.15) is 35.2 Å². The predicted octanol–water partition coefficient (Wildman–Crippen LogP) is 2.25. The molecule has 7 nitrogen and oxygen atoms in total. The largest absolute Gasteiger partial charge is 0.345 e. The Kier molecular flexibility index (Phi) is 4.77. The van der Waals surface area contributed by atoms with Crippen molar-refractivity contribution >= 4 is 22.7 Å². The van der Waals surface area contributed by atoms with Gasteiger partial charge in [-0.3, -0.25) is 14.3 Å². The summed E-state index contributed by atoms with van der Waals surface area (Å²) in [5.41, 5.74) is 1.98. The molecule has 3 aromatic rings. The number of hydrogen-bond acceptors (Lipinski definition) is 4. The van der Waals surface area contributed by atoms with Crippen molar-refractivity contribution in [1.82, 2.24) is 25.0 Å². The average Bonchev–Trinajstić information content (AvgIpc) is 2.96. The van der Waals surface area contributed by atoms with E-state index in [1.807, 2.05) is 10.7 Å². The number of carbonyl (C=O) groups is 2. The smallest absolute Gasteiger partial charge is 0.270 e. The average molecular weight is 381 g/mol. The van der Waals surface area contributed by atoms with Gasteiger partial charge in [0.05, 0.1) is 24.5 Å². The predicted molar refractivity (Wildman–Crippen MR) is 101 cm³/mol. The lowest BCUT2D eigenvalue weighted by molar-refractivity contribution is -0.129. The fraction of sp³-hybridized carbons (Fsp3) is 0.300. The van der Waals surface area contributed by atoms with Gasteiger partial charge < -0.3 is 10.2 Å². The minimum absolute atomic E-state index is 0.0408.